The predicted octanol–water partition coefficient (Wildman–Crippen LogP) is 1.92. The second-order valence-electron chi connectivity index (χ2n) is 4.82. The molecule has 0 saturated heterocycles. The second kappa shape index (κ2) is 5.36. The zero-order valence-corrected chi connectivity index (χ0v) is 10.8. The summed E-state index contributed by atoms with van der Waals surface area (Å²) < 4.78 is 0. The molecule has 0 amide bonds. The third-order valence-corrected chi connectivity index (χ3v) is 3.51. The molecule has 0 fully saturated rings. The van der Waals surface area contributed by atoms with Gasteiger partial charge in [0.25, 0.3) is 0 Å². The van der Waals surface area contributed by atoms with Gasteiger partial charge in [-0.25, -0.2) is 4.98 Å². The zero-order valence-electron chi connectivity index (χ0n) is 10.8. The number of benzene rings is 1. The average Bonchev–Trinajstić information content (AvgIpc) is 2.69. The lowest BCUT2D eigenvalue weighted by atomic mass is 10.0. The predicted molar refractivity (Wildman–Crippen MR) is 73.8 cm³/mol. The fraction of sp³-hybridized carbons (Fsp3) is 0.333. The van der Waals surface area contributed by atoms with Crippen molar-refractivity contribution in [2.24, 2.45) is 0 Å². The van der Waals surface area contributed by atoms with E-state index in [1.165, 1.54) is 11.1 Å². The van der Waals surface area contributed by atoms with Crippen LogP contribution in [0.3, 0.4) is 0 Å². The summed E-state index contributed by atoms with van der Waals surface area (Å²) in [6.45, 7) is 1.77. The van der Waals surface area contributed by atoms with Crippen molar-refractivity contribution >= 4 is 5.82 Å². The molecule has 1 aliphatic rings. The van der Waals surface area contributed by atoms with Crippen LogP contribution >= 0.6 is 0 Å². The van der Waals surface area contributed by atoms with E-state index in [1.807, 2.05) is 0 Å². The van der Waals surface area contributed by atoms with E-state index in [2.05, 4.69) is 39.1 Å². The molecule has 98 valence electrons. The van der Waals surface area contributed by atoms with Gasteiger partial charge in [0.1, 0.15) is 5.82 Å². The summed E-state index contributed by atoms with van der Waals surface area (Å²) in [5.74, 6) is 0.850. The highest BCUT2D eigenvalue weighted by Crippen LogP contribution is 2.22. The third-order valence-electron chi connectivity index (χ3n) is 3.51. The number of rotatable bonds is 2. The molecule has 0 unspecified atom stereocenters. The lowest BCUT2D eigenvalue weighted by molar-refractivity contribution is 0.276. The topological polar surface area (TPSA) is 49.3 Å². The van der Waals surface area contributed by atoms with E-state index in [-0.39, 0.29) is 6.61 Å². The van der Waals surface area contributed by atoms with Gasteiger partial charge in [-0.3, -0.25) is 4.98 Å². The molecule has 4 heteroatoms. The van der Waals surface area contributed by atoms with Crippen LogP contribution < -0.4 is 4.90 Å². The van der Waals surface area contributed by atoms with Gasteiger partial charge in [-0.05, 0) is 24.0 Å². The van der Waals surface area contributed by atoms with Crippen molar-refractivity contribution in [3.8, 4) is 0 Å². The number of aliphatic hydroxyl groups is 1. The van der Waals surface area contributed by atoms with E-state index >= 15 is 0 Å². The lowest BCUT2D eigenvalue weighted by Crippen LogP contribution is -2.24. The summed E-state index contributed by atoms with van der Waals surface area (Å²) in [5.41, 5.74) is 3.41. The molecule has 0 atom stereocenters. The largest absolute Gasteiger partial charge is 0.390 e. The standard InChI is InChI=1S/C15H17N3O/c19-11-14-8-16-9-15(17-14)18-7-3-6-12-4-1-2-5-13(12)10-18/h1-2,4-5,8-9,19H,3,6-7,10-11H2. The molecule has 0 spiro atoms. The molecule has 19 heavy (non-hydrogen) atoms. The van der Waals surface area contributed by atoms with Crippen molar-refractivity contribution in [1.29, 1.82) is 0 Å². The molecule has 1 N–H and O–H groups in total. The Kier molecular flexibility index (Phi) is 3.42. The average molecular weight is 255 g/mol. The Morgan fingerprint density at radius 1 is 1.16 bits per heavy atom. The Labute approximate surface area is 112 Å². The van der Waals surface area contributed by atoms with Crippen molar-refractivity contribution in [2.75, 3.05) is 11.4 Å². The lowest BCUT2D eigenvalue weighted by Gasteiger charge is -2.21. The molecule has 0 saturated carbocycles. The minimum atomic E-state index is -0.0642. The first-order valence-electron chi connectivity index (χ1n) is 6.60. The maximum Gasteiger partial charge on any atom is 0.147 e. The number of hydrogen-bond acceptors (Lipinski definition) is 4. The number of anilines is 1. The van der Waals surface area contributed by atoms with Crippen molar-refractivity contribution in [3.05, 3.63) is 53.5 Å². The molecule has 3 rings (SSSR count). The Hall–Kier alpha value is -1.94. The first kappa shape index (κ1) is 12.1. The summed E-state index contributed by atoms with van der Waals surface area (Å²) >= 11 is 0. The molecule has 2 heterocycles. The Morgan fingerprint density at radius 2 is 2.00 bits per heavy atom. The zero-order chi connectivity index (χ0) is 13.1. The minimum absolute atomic E-state index is 0.0642. The van der Waals surface area contributed by atoms with Crippen LogP contribution in [0.1, 0.15) is 23.2 Å². The van der Waals surface area contributed by atoms with Crippen molar-refractivity contribution in [3.63, 3.8) is 0 Å². The molecule has 0 bridgehead atoms. The number of aromatic nitrogens is 2. The van der Waals surface area contributed by atoms with Crippen molar-refractivity contribution < 1.29 is 5.11 Å². The van der Waals surface area contributed by atoms with Crippen LogP contribution in [0.4, 0.5) is 5.82 Å². The molecule has 1 aromatic carbocycles. The van der Waals surface area contributed by atoms with Gasteiger partial charge in [0.05, 0.1) is 24.7 Å². The molecular formula is C15H17N3O. The van der Waals surface area contributed by atoms with Crippen LogP contribution in [0.2, 0.25) is 0 Å². The normalized spacial score (nSPS) is 14.9. The van der Waals surface area contributed by atoms with Crippen molar-refractivity contribution in [1.82, 2.24) is 9.97 Å². The molecule has 1 aliphatic heterocycles. The summed E-state index contributed by atoms with van der Waals surface area (Å²) in [6.07, 6.45) is 5.60. The quantitative estimate of drug-likeness (QED) is 0.890. The first-order valence-corrected chi connectivity index (χ1v) is 6.60. The Morgan fingerprint density at radius 3 is 2.84 bits per heavy atom. The first-order chi connectivity index (χ1) is 9.36. The Balaban J connectivity index is 1.89. The summed E-state index contributed by atoms with van der Waals surface area (Å²) in [5, 5.41) is 9.15. The molecule has 1 aromatic heterocycles. The molecule has 4 nitrogen and oxygen atoms in total. The van der Waals surface area contributed by atoms with E-state index in [1.54, 1.807) is 12.4 Å². The second-order valence-corrected chi connectivity index (χ2v) is 4.82. The van der Waals surface area contributed by atoms with E-state index in [0.29, 0.717) is 5.69 Å². The number of fused-ring (bicyclic) bond motifs is 1. The SMILES string of the molecule is OCc1cncc(N2CCCc3ccccc3C2)n1. The third kappa shape index (κ3) is 2.58. The van der Waals surface area contributed by atoms with E-state index < -0.39 is 0 Å². The smallest absolute Gasteiger partial charge is 0.147 e. The van der Waals surface area contributed by atoms with Gasteiger partial charge in [0, 0.05) is 13.1 Å². The maximum absolute atomic E-state index is 9.15. The van der Waals surface area contributed by atoms with Crippen LogP contribution in [0.5, 0.6) is 0 Å². The van der Waals surface area contributed by atoms with Crippen LogP contribution in [-0.4, -0.2) is 21.6 Å². The number of aryl methyl sites for hydroxylation is 1. The van der Waals surface area contributed by atoms with Crippen molar-refractivity contribution in [2.45, 2.75) is 26.0 Å². The summed E-state index contributed by atoms with van der Waals surface area (Å²) in [6, 6.07) is 8.56. The van der Waals surface area contributed by atoms with Gasteiger partial charge in [-0.2, -0.15) is 0 Å². The van der Waals surface area contributed by atoms with E-state index in [0.717, 1.165) is 31.7 Å². The Bertz CT molecular complexity index is 571. The highest BCUT2D eigenvalue weighted by atomic mass is 16.3. The number of hydrogen-bond donors (Lipinski definition) is 1. The number of nitrogens with zero attached hydrogens (tertiary/aromatic N) is 3. The van der Waals surface area contributed by atoms with E-state index in [9.17, 15) is 0 Å². The van der Waals surface area contributed by atoms with Crippen LogP contribution in [0.15, 0.2) is 36.7 Å². The van der Waals surface area contributed by atoms with Crippen LogP contribution in [0.25, 0.3) is 0 Å². The van der Waals surface area contributed by atoms with Crippen LogP contribution in [-0.2, 0) is 19.6 Å². The maximum atomic E-state index is 9.15. The van der Waals surface area contributed by atoms with Gasteiger partial charge < -0.3 is 10.0 Å². The molecule has 0 aliphatic carbocycles. The monoisotopic (exact) mass is 255 g/mol. The van der Waals surface area contributed by atoms with Gasteiger partial charge in [0.2, 0.25) is 0 Å². The van der Waals surface area contributed by atoms with Gasteiger partial charge in [-0.15, -0.1) is 0 Å². The van der Waals surface area contributed by atoms with E-state index in [4.69, 9.17) is 5.11 Å². The summed E-state index contributed by atoms with van der Waals surface area (Å²) in [4.78, 5) is 10.8. The highest BCUT2D eigenvalue weighted by Gasteiger charge is 2.15. The summed E-state index contributed by atoms with van der Waals surface area (Å²) in [7, 11) is 0. The molecular weight excluding hydrogens is 238 g/mol. The van der Waals surface area contributed by atoms with Gasteiger partial charge in [0.15, 0.2) is 0 Å². The van der Waals surface area contributed by atoms with Gasteiger partial charge in [-0.1, -0.05) is 24.3 Å². The highest BCUT2D eigenvalue weighted by molar-refractivity contribution is 5.41. The fourth-order valence-corrected chi connectivity index (χ4v) is 2.52. The van der Waals surface area contributed by atoms with Crippen LogP contribution in [0, 0.1) is 0 Å². The molecule has 0 radical (unpaired) electrons. The number of aliphatic hydroxyl groups excluding tert-OH is 1. The minimum Gasteiger partial charge on any atom is -0.390 e. The fourth-order valence-electron chi connectivity index (χ4n) is 2.52. The molecule has 2 aromatic rings. The van der Waals surface area contributed by atoms with Gasteiger partial charge >= 0.3 is 0 Å².